The summed E-state index contributed by atoms with van der Waals surface area (Å²) in [6.07, 6.45) is 8.22. The van der Waals surface area contributed by atoms with Gasteiger partial charge < -0.3 is 15.3 Å². The van der Waals surface area contributed by atoms with Crippen molar-refractivity contribution in [3.05, 3.63) is 0 Å². The smallest absolute Gasteiger partial charge is 0.0558 e. The van der Waals surface area contributed by atoms with Crippen LogP contribution in [0, 0.1) is 11.3 Å². The summed E-state index contributed by atoms with van der Waals surface area (Å²) in [5, 5.41) is 12.8. The van der Waals surface area contributed by atoms with E-state index in [1.165, 1.54) is 38.5 Å². The van der Waals surface area contributed by atoms with E-state index in [-0.39, 0.29) is 6.61 Å². The molecule has 1 rings (SSSR count). The SMILES string of the molecule is CC(C)CNCC1(CN(C)CCO)CCCCCC1. The minimum atomic E-state index is 0.270. The molecule has 0 aromatic rings. The fraction of sp³-hybridized carbons (Fsp3) is 1.00. The zero-order valence-corrected chi connectivity index (χ0v) is 13.2. The fourth-order valence-corrected chi connectivity index (χ4v) is 3.32. The summed E-state index contributed by atoms with van der Waals surface area (Å²) in [6, 6.07) is 0. The fourth-order valence-electron chi connectivity index (χ4n) is 3.32. The highest BCUT2D eigenvalue weighted by molar-refractivity contribution is 4.86. The molecular formula is C16H34N2O. The van der Waals surface area contributed by atoms with E-state index in [0.717, 1.165) is 32.1 Å². The Labute approximate surface area is 119 Å². The molecule has 0 unspecified atom stereocenters. The van der Waals surface area contributed by atoms with Crippen LogP contribution in [-0.2, 0) is 0 Å². The lowest BCUT2D eigenvalue weighted by molar-refractivity contribution is 0.127. The molecule has 19 heavy (non-hydrogen) atoms. The van der Waals surface area contributed by atoms with Gasteiger partial charge in [0, 0.05) is 19.6 Å². The lowest BCUT2D eigenvalue weighted by atomic mass is 9.79. The number of aliphatic hydroxyl groups excluding tert-OH is 1. The lowest BCUT2D eigenvalue weighted by Crippen LogP contribution is -2.44. The summed E-state index contributed by atoms with van der Waals surface area (Å²) in [6.45, 7) is 8.98. The zero-order valence-electron chi connectivity index (χ0n) is 13.2. The van der Waals surface area contributed by atoms with Crippen LogP contribution < -0.4 is 5.32 Å². The summed E-state index contributed by atoms with van der Waals surface area (Å²) in [7, 11) is 2.14. The molecule has 0 aromatic heterocycles. The van der Waals surface area contributed by atoms with E-state index in [9.17, 15) is 0 Å². The second kappa shape index (κ2) is 8.93. The van der Waals surface area contributed by atoms with Gasteiger partial charge in [-0.1, -0.05) is 39.5 Å². The Hall–Kier alpha value is -0.120. The number of nitrogens with one attached hydrogen (secondary N) is 1. The molecule has 114 valence electrons. The van der Waals surface area contributed by atoms with Crippen molar-refractivity contribution in [2.45, 2.75) is 52.4 Å². The third-order valence-corrected chi connectivity index (χ3v) is 4.30. The van der Waals surface area contributed by atoms with E-state index in [2.05, 4.69) is 31.1 Å². The molecular weight excluding hydrogens is 236 g/mol. The summed E-state index contributed by atoms with van der Waals surface area (Å²) in [5.41, 5.74) is 0.426. The Balaban J connectivity index is 2.54. The molecule has 1 fully saturated rings. The van der Waals surface area contributed by atoms with Crippen molar-refractivity contribution >= 4 is 0 Å². The molecule has 0 spiro atoms. The van der Waals surface area contributed by atoms with E-state index in [0.29, 0.717) is 5.41 Å². The minimum Gasteiger partial charge on any atom is -0.395 e. The van der Waals surface area contributed by atoms with Gasteiger partial charge in [0.2, 0.25) is 0 Å². The zero-order chi connectivity index (χ0) is 14.1. The van der Waals surface area contributed by atoms with E-state index in [4.69, 9.17) is 5.11 Å². The highest BCUT2D eigenvalue weighted by Crippen LogP contribution is 2.35. The van der Waals surface area contributed by atoms with E-state index >= 15 is 0 Å². The molecule has 0 saturated heterocycles. The van der Waals surface area contributed by atoms with Gasteiger partial charge in [-0.3, -0.25) is 0 Å². The molecule has 1 saturated carbocycles. The largest absolute Gasteiger partial charge is 0.395 e. The first-order valence-corrected chi connectivity index (χ1v) is 8.08. The van der Waals surface area contributed by atoms with E-state index in [1.54, 1.807) is 0 Å². The number of aliphatic hydroxyl groups is 1. The molecule has 0 atom stereocenters. The van der Waals surface area contributed by atoms with Crippen molar-refractivity contribution in [2.75, 3.05) is 39.8 Å². The second-order valence-corrected chi connectivity index (χ2v) is 6.90. The average molecular weight is 270 g/mol. The molecule has 0 bridgehead atoms. The quantitative estimate of drug-likeness (QED) is 0.665. The summed E-state index contributed by atoms with van der Waals surface area (Å²) in [4.78, 5) is 2.31. The van der Waals surface area contributed by atoms with Gasteiger partial charge in [-0.25, -0.2) is 0 Å². The molecule has 3 nitrogen and oxygen atoms in total. The summed E-state index contributed by atoms with van der Waals surface area (Å²) < 4.78 is 0. The normalized spacial score (nSPS) is 19.9. The van der Waals surface area contributed by atoms with Gasteiger partial charge in [-0.2, -0.15) is 0 Å². The van der Waals surface area contributed by atoms with Gasteiger partial charge in [0.15, 0.2) is 0 Å². The first-order chi connectivity index (χ1) is 9.08. The maximum absolute atomic E-state index is 9.10. The Kier molecular flexibility index (Phi) is 7.96. The summed E-state index contributed by atoms with van der Waals surface area (Å²) in [5.74, 6) is 0.720. The standard InChI is InChI=1S/C16H34N2O/c1-15(2)12-17-13-16(14-18(3)10-11-19)8-6-4-5-7-9-16/h15,17,19H,4-14H2,1-3H3. The van der Waals surface area contributed by atoms with Crippen LogP contribution in [0.4, 0.5) is 0 Å². The van der Waals surface area contributed by atoms with Crippen LogP contribution in [0.5, 0.6) is 0 Å². The Morgan fingerprint density at radius 2 is 1.79 bits per heavy atom. The molecule has 0 aliphatic heterocycles. The van der Waals surface area contributed by atoms with Gasteiger partial charge in [-0.15, -0.1) is 0 Å². The third-order valence-electron chi connectivity index (χ3n) is 4.30. The first kappa shape index (κ1) is 16.9. The second-order valence-electron chi connectivity index (χ2n) is 6.90. The molecule has 2 N–H and O–H groups in total. The monoisotopic (exact) mass is 270 g/mol. The van der Waals surface area contributed by atoms with Gasteiger partial charge in [0.05, 0.1) is 6.61 Å². The number of hydrogen-bond acceptors (Lipinski definition) is 3. The van der Waals surface area contributed by atoms with E-state index in [1.807, 2.05) is 0 Å². The number of likely N-dealkylation sites (N-methyl/N-ethyl adjacent to an activating group) is 1. The predicted molar refractivity (Wildman–Crippen MR) is 82.4 cm³/mol. The van der Waals surface area contributed by atoms with Crippen LogP contribution in [0.25, 0.3) is 0 Å². The summed E-state index contributed by atoms with van der Waals surface area (Å²) >= 11 is 0. The van der Waals surface area contributed by atoms with Crippen molar-refractivity contribution in [3.8, 4) is 0 Å². The van der Waals surface area contributed by atoms with Crippen LogP contribution in [0.3, 0.4) is 0 Å². The lowest BCUT2D eigenvalue weighted by Gasteiger charge is -2.37. The third kappa shape index (κ3) is 6.73. The highest BCUT2D eigenvalue weighted by Gasteiger charge is 2.31. The Morgan fingerprint density at radius 3 is 2.32 bits per heavy atom. The van der Waals surface area contributed by atoms with Crippen LogP contribution in [-0.4, -0.2) is 49.8 Å². The highest BCUT2D eigenvalue weighted by atomic mass is 16.3. The topological polar surface area (TPSA) is 35.5 Å². The molecule has 0 amide bonds. The van der Waals surface area contributed by atoms with Gasteiger partial charge in [0.1, 0.15) is 0 Å². The Morgan fingerprint density at radius 1 is 1.16 bits per heavy atom. The van der Waals surface area contributed by atoms with Crippen molar-refractivity contribution in [1.29, 1.82) is 0 Å². The predicted octanol–water partition coefficient (Wildman–Crippen LogP) is 2.50. The van der Waals surface area contributed by atoms with Gasteiger partial charge >= 0.3 is 0 Å². The van der Waals surface area contributed by atoms with Crippen LogP contribution in [0.15, 0.2) is 0 Å². The van der Waals surface area contributed by atoms with Crippen molar-refractivity contribution in [1.82, 2.24) is 10.2 Å². The van der Waals surface area contributed by atoms with Gasteiger partial charge in [0.25, 0.3) is 0 Å². The number of rotatable bonds is 8. The maximum atomic E-state index is 9.10. The number of nitrogens with zero attached hydrogens (tertiary/aromatic N) is 1. The molecule has 3 heteroatoms. The number of hydrogen-bond donors (Lipinski definition) is 2. The Bertz CT molecular complexity index is 223. The average Bonchev–Trinajstić information content (AvgIpc) is 2.55. The molecule has 0 aromatic carbocycles. The molecule has 0 heterocycles. The first-order valence-electron chi connectivity index (χ1n) is 8.08. The van der Waals surface area contributed by atoms with Crippen LogP contribution in [0.2, 0.25) is 0 Å². The van der Waals surface area contributed by atoms with Crippen LogP contribution >= 0.6 is 0 Å². The van der Waals surface area contributed by atoms with Crippen molar-refractivity contribution in [3.63, 3.8) is 0 Å². The van der Waals surface area contributed by atoms with Crippen LogP contribution in [0.1, 0.15) is 52.4 Å². The van der Waals surface area contributed by atoms with Gasteiger partial charge in [-0.05, 0) is 37.8 Å². The van der Waals surface area contributed by atoms with Crippen molar-refractivity contribution < 1.29 is 5.11 Å². The van der Waals surface area contributed by atoms with E-state index < -0.39 is 0 Å². The minimum absolute atomic E-state index is 0.270. The maximum Gasteiger partial charge on any atom is 0.0558 e. The molecule has 1 aliphatic carbocycles. The molecule has 0 radical (unpaired) electrons. The molecule has 1 aliphatic rings. The van der Waals surface area contributed by atoms with Crippen molar-refractivity contribution in [2.24, 2.45) is 11.3 Å².